The molecule has 1 aromatic carbocycles. The second kappa shape index (κ2) is 10.2. The summed E-state index contributed by atoms with van der Waals surface area (Å²) in [5, 5.41) is 3.09. The molecular formula is C26H35N5O. The highest BCUT2D eigenvalue weighted by molar-refractivity contribution is 5.79. The second-order valence-corrected chi connectivity index (χ2v) is 9.10. The zero-order valence-corrected chi connectivity index (χ0v) is 19.1. The minimum atomic E-state index is 0.161. The Kier molecular flexibility index (Phi) is 7.10. The number of piperidine rings is 2. The fraction of sp³-hybridized carbons (Fsp3) is 0.462. The van der Waals surface area contributed by atoms with Gasteiger partial charge >= 0.3 is 0 Å². The van der Waals surface area contributed by atoms with Crippen LogP contribution in [0.4, 0.5) is 11.5 Å². The summed E-state index contributed by atoms with van der Waals surface area (Å²) in [5.41, 5.74) is 10.2. The summed E-state index contributed by atoms with van der Waals surface area (Å²) in [6.07, 6.45) is 5.72. The van der Waals surface area contributed by atoms with Gasteiger partial charge in [0.1, 0.15) is 5.82 Å². The van der Waals surface area contributed by atoms with Crippen LogP contribution in [0.5, 0.6) is 0 Å². The van der Waals surface area contributed by atoms with E-state index in [1.165, 1.54) is 11.1 Å². The van der Waals surface area contributed by atoms with E-state index in [1.807, 2.05) is 25.4 Å². The maximum absolute atomic E-state index is 13.1. The normalized spacial score (nSPS) is 18.5. The number of anilines is 2. The third kappa shape index (κ3) is 5.30. The van der Waals surface area contributed by atoms with Crippen LogP contribution < -0.4 is 11.1 Å². The van der Waals surface area contributed by atoms with Crippen LogP contribution in [0.3, 0.4) is 0 Å². The molecule has 4 rings (SSSR count). The monoisotopic (exact) mass is 433 g/mol. The number of hydrogen-bond donors (Lipinski definition) is 2. The lowest BCUT2D eigenvalue weighted by atomic mass is 9.85. The Morgan fingerprint density at radius 1 is 1.06 bits per heavy atom. The lowest BCUT2D eigenvalue weighted by Gasteiger charge is -2.37. The van der Waals surface area contributed by atoms with E-state index in [9.17, 15) is 4.79 Å². The van der Waals surface area contributed by atoms with Crippen LogP contribution in [-0.4, -0.2) is 53.9 Å². The Morgan fingerprint density at radius 2 is 1.72 bits per heavy atom. The van der Waals surface area contributed by atoms with E-state index in [1.54, 1.807) is 0 Å². The number of likely N-dealkylation sites (tertiary alicyclic amines) is 2. The molecule has 170 valence electrons. The first kappa shape index (κ1) is 22.3. The molecule has 0 bridgehead atoms. The minimum absolute atomic E-state index is 0.161. The average molecular weight is 434 g/mol. The highest BCUT2D eigenvalue weighted by atomic mass is 16.2. The van der Waals surface area contributed by atoms with Crippen LogP contribution in [0.25, 0.3) is 5.57 Å². The quantitative estimate of drug-likeness (QED) is 0.677. The number of allylic oxidation sites excluding steroid dienone is 1. The molecule has 2 saturated heterocycles. The van der Waals surface area contributed by atoms with Crippen molar-refractivity contribution in [3.05, 3.63) is 60.3 Å². The maximum atomic E-state index is 13.1. The van der Waals surface area contributed by atoms with Gasteiger partial charge in [-0.25, -0.2) is 4.98 Å². The molecule has 0 aliphatic carbocycles. The number of nitrogen functional groups attached to an aromatic ring is 1. The topological polar surface area (TPSA) is 74.5 Å². The van der Waals surface area contributed by atoms with Crippen LogP contribution >= 0.6 is 0 Å². The van der Waals surface area contributed by atoms with Crippen molar-refractivity contribution >= 4 is 23.0 Å². The van der Waals surface area contributed by atoms with Crippen LogP contribution in [0.15, 0.2) is 49.2 Å². The van der Waals surface area contributed by atoms with E-state index in [0.717, 1.165) is 75.5 Å². The number of aromatic nitrogens is 1. The molecule has 0 saturated carbocycles. The summed E-state index contributed by atoms with van der Waals surface area (Å²) in [5.74, 6) is 1.85. The number of hydrogen-bond acceptors (Lipinski definition) is 5. The third-order valence-electron chi connectivity index (χ3n) is 7.00. The van der Waals surface area contributed by atoms with Gasteiger partial charge < -0.3 is 16.0 Å². The van der Waals surface area contributed by atoms with Crippen LogP contribution in [-0.2, 0) is 11.3 Å². The first-order chi connectivity index (χ1) is 15.5. The average Bonchev–Trinajstić information content (AvgIpc) is 2.84. The maximum Gasteiger partial charge on any atom is 0.225 e. The number of nitrogens with two attached hydrogens (primary N) is 1. The Hall–Kier alpha value is -2.86. The molecule has 0 unspecified atom stereocenters. The van der Waals surface area contributed by atoms with E-state index in [4.69, 9.17) is 5.73 Å². The minimum Gasteiger partial charge on any atom is -0.399 e. The SMILES string of the molecule is C=C(c1ccc(N)cc1)C1CCN(C(=O)C2CCN(Cc3ccnc(NC)c3)CC2)CC1. The molecule has 2 aliphatic heterocycles. The van der Waals surface area contributed by atoms with Crippen molar-refractivity contribution in [3.63, 3.8) is 0 Å². The molecule has 3 N–H and O–H groups in total. The predicted molar refractivity (Wildman–Crippen MR) is 131 cm³/mol. The lowest BCUT2D eigenvalue weighted by molar-refractivity contribution is -0.138. The van der Waals surface area contributed by atoms with Crippen molar-refractivity contribution in [2.75, 3.05) is 44.3 Å². The number of nitrogens with zero attached hydrogens (tertiary/aromatic N) is 3. The van der Waals surface area contributed by atoms with Gasteiger partial charge in [-0.1, -0.05) is 18.7 Å². The molecule has 2 aliphatic rings. The molecule has 2 fully saturated rings. The smallest absolute Gasteiger partial charge is 0.225 e. The highest BCUT2D eigenvalue weighted by Crippen LogP contribution is 2.32. The van der Waals surface area contributed by atoms with Crippen LogP contribution in [0, 0.1) is 11.8 Å². The molecule has 6 nitrogen and oxygen atoms in total. The van der Waals surface area contributed by atoms with E-state index >= 15 is 0 Å². The highest BCUT2D eigenvalue weighted by Gasteiger charge is 2.31. The second-order valence-electron chi connectivity index (χ2n) is 9.10. The van der Waals surface area contributed by atoms with E-state index < -0.39 is 0 Å². The summed E-state index contributed by atoms with van der Waals surface area (Å²) < 4.78 is 0. The molecule has 32 heavy (non-hydrogen) atoms. The van der Waals surface area contributed by atoms with E-state index in [2.05, 4.69) is 50.9 Å². The molecular weight excluding hydrogens is 398 g/mol. The first-order valence-corrected chi connectivity index (χ1v) is 11.7. The van der Waals surface area contributed by atoms with Gasteiger partial charge in [-0.15, -0.1) is 0 Å². The largest absolute Gasteiger partial charge is 0.399 e. The van der Waals surface area contributed by atoms with Gasteiger partial charge in [-0.05, 0) is 85.7 Å². The van der Waals surface area contributed by atoms with Gasteiger partial charge in [0.25, 0.3) is 0 Å². The molecule has 0 radical (unpaired) electrons. The van der Waals surface area contributed by atoms with Gasteiger partial charge in [0.15, 0.2) is 0 Å². The van der Waals surface area contributed by atoms with Crippen molar-refractivity contribution in [3.8, 4) is 0 Å². The Labute approximate surface area is 191 Å². The molecule has 2 aromatic rings. The summed E-state index contributed by atoms with van der Waals surface area (Å²) in [7, 11) is 1.89. The number of carbonyl (C=O) groups excluding carboxylic acids is 1. The number of carbonyl (C=O) groups is 1. The van der Waals surface area contributed by atoms with Crippen molar-refractivity contribution < 1.29 is 4.79 Å². The Bertz CT molecular complexity index is 925. The zero-order valence-electron chi connectivity index (χ0n) is 19.1. The van der Waals surface area contributed by atoms with Gasteiger partial charge in [-0.3, -0.25) is 9.69 Å². The van der Waals surface area contributed by atoms with E-state index in [0.29, 0.717) is 11.8 Å². The Balaban J connectivity index is 1.23. The van der Waals surface area contributed by atoms with Crippen molar-refractivity contribution in [2.24, 2.45) is 11.8 Å². The Morgan fingerprint density at radius 3 is 2.38 bits per heavy atom. The number of nitrogens with one attached hydrogen (secondary N) is 1. The fourth-order valence-corrected chi connectivity index (χ4v) is 4.95. The molecule has 1 amide bonds. The lowest BCUT2D eigenvalue weighted by Crippen LogP contribution is -2.45. The standard InChI is InChI=1S/C26H35N5O/c1-19(21-3-5-24(27)6-4-21)22-10-15-31(16-11-22)26(32)23-8-13-30(14-9-23)18-20-7-12-29-25(17-20)28-2/h3-7,12,17,22-23H,1,8-11,13-16,18,27H2,2H3,(H,28,29). The molecule has 1 aromatic heterocycles. The molecule has 6 heteroatoms. The summed E-state index contributed by atoms with van der Waals surface area (Å²) >= 11 is 0. The predicted octanol–water partition coefficient (Wildman–Crippen LogP) is 3.87. The summed E-state index contributed by atoms with van der Waals surface area (Å²) in [4.78, 5) is 22.0. The van der Waals surface area contributed by atoms with Gasteiger partial charge in [0.2, 0.25) is 5.91 Å². The van der Waals surface area contributed by atoms with Gasteiger partial charge in [0.05, 0.1) is 0 Å². The molecule has 0 atom stereocenters. The summed E-state index contributed by atoms with van der Waals surface area (Å²) in [6, 6.07) is 12.1. The number of pyridine rings is 1. The number of benzene rings is 1. The van der Waals surface area contributed by atoms with Crippen LogP contribution in [0.1, 0.15) is 36.8 Å². The van der Waals surface area contributed by atoms with Crippen LogP contribution in [0.2, 0.25) is 0 Å². The van der Waals surface area contributed by atoms with Crippen molar-refractivity contribution in [1.29, 1.82) is 0 Å². The molecule has 0 spiro atoms. The van der Waals surface area contributed by atoms with Crippen molar-refractivity contribution in [2.45, 2.75) is 32.2 Å². The summed E-state index contributed by atoms with van der Waals surface area (Å²) in [6.45, 7) is 8.86. The third-order valence-corrected chi connectivity index (χ3v) is 7.00. The van der Waals surface area contributed by atoms with Crippen molar-refractivity contribution in [1.82, 2.24) is 14.8 Å². The van der Waals surface area contributed by atoms with Gasteiger partial charge in [0, 0.05) is 44.5 Å². The van der Waals surface area contributed by atoms with E-state index in [-0.39, 0.29) is 5.92 Å². The number of rotatable bonds is 6. The molecule has 3 heterocycles. The number of amides is 1. The zero-order chi connectivity index (χ0) is 22.5. The first-order valence-electron chi connectivity index (χ1n) is 11.7. The van der Waals surface area contributed by atoms with Gasteiger partial charge in [-0.2, -0.15) is 0 Å². The fourth-order valence-electron chi connectivity index (χ4n) is 4.95.